The summed E-state index contributed by atoms with van der Waals surface area (Å²) in [4.78, 5) is 15.7. The van der Waals surface area contributed by atoms with Crippen LogP contribution in [0, 0.1) is 0 Å². The summed E-state index contributed by atoms with van der Waals surface area (Å²) in [5.74, 6) is 1.27. The van der Waals surface area contributed by atoms with Gasteiger partial charge in [-0.25, -0.2) is 15.0 Å². The molecule has 0 saturated carbocycles. The minimum absolute atomic E-state index is 0.0551. The normalized spacial score (nSPS) is 20.1. The molecule has 2 aliphatic heterocycles. The Labute approximate surface area is 265 Å². The monoisotopic (exact) mass is 593 g/mol. The SMILES string of the molecule is CCCCC1(CCCC)OC(c2cccc(C3=N[C@@H](c4ccccc4)C(CCCC)(CCCC)O3)n2)=N[C@H]1c1ccccc1. The molecule has 3 heterocycles. The van der Waals surface area contributed by atoms with Gasteiger partial charge in [-0.1, -0.05) is 120 Å². The molecule has 0 bridgehead atoms. The van der Waals surface area contributed by atoms with Crippen molar-refractivity contribution in [2.45, 2.75) is 128 Å². The van der Waals surface area contributed by atoms with Gasteiger partial charge >= 0.3 is 0 Å². The number of ether oxygens (including phenoxy) is 2. The molecule has 0 spiro atoms. The quantitative estimate of drug-likeness (QED) is 0.166. The van der Waals surface area contributed by atoms with E-state index in [2.05, 4.69) is 88.4 Å². The second-order valence-electron chi connectivity index (χ2n) is 12.7. The molecule has 234 valence electrons. The number of aromatic nitrogens is 1. The second-order valence-corrected chi connectivity index (χ2v) is 12.7. The largest absolute Gasteiger partial charge is 0.467 e. The van der Waals surface area contributed by atoms with Gasteiger partial charge in [-0.05, 0) is 74.6 Å². The smallest absolute Gasteiger partial charge is 0.236 e. The van der Waals surface area contributed by atoms with E-state index in [1.165, 1.54) is 11.1 Å². The van der Waals surface area contributed by atoms with E-state index in [0.717, 1.165) is 88.4 Å². The summed E-state index contributed by atoms with van der Waals surface area (Å²) >= 11 is 0. The molecule has 0 radical (unpaired) electrons. The fourth-order valence-corrected chi connectivity index (χ4v) is 6.86. The number of unbranched alkanes of at least 4 members (excludes halogenated alkanes) is 4. The van der Waals surface area contributed by atoms with Gasteiger partial charge < -0.3 is 9.47 Å². The van der Waals surface area contributed by atoms with Gasteiger partial charge in [0.1, 0.15) is 34.7 Å². The molecule has 0 unspecified atom stereocenters. The molecule has 5 nitrogen and oxygen atoms in total. The minimum atomic E-state index is -0.365. The Kier molecular flexibility index (Phi) is 10.9. The van der Waals surface area contributed by atoms with Crippen molar-refractivity contribution >= 4 is 11.8 Å². The summed E-state index contributed by atoms with van der Waals surface area (Å²) in [6.07, 6.45) is 12.8. The Hall–Kier alpha value is -3.47. The summed E-state index contributed by atoms with van der Waals surface area (Å²) in [6.45, 7) is 9.00. The Balaban J connectivity index is 1.51. The van der Waals surface area contributed by atoms with Gasteiger partial charge in [-0.3, -0.25) is 0 Å². The van der Waals surface area contributed by atoms with E-state index in [4.69, 9.17) is 24.4 Å². The zero-order valence-corrected chi connectivity index (χ0v) is 27.3. The molecule has 2 aromatic carbocycles. The standard InChI is InChI=1S/C39H51N3O2/c1-5-9-26-38(27-10-6-2)34(30-20-15-13-16-21-30)41-36(43-38)32-24-19-25-33(40-32)37-42-35(31-22-17-14-18-23-31)39(44-37,28-11-7-3)29-12-8-4/h13-25,34-35H,5-12,26-29H2,1-4H3/t34-,35-/m0/s1. The van der Waals surface area contributed by atoms with E-state index in [-0.39, 0.29) is 23.3 Å². The first-order valence-electron chi connectivity index (χ1n) is 17.2. The maximum atomic E-state index is 6.97. The van der Waals surface area contributed by atoms with Crippen LogP contribution in [-0.4, -0.2) is 28.0 Å². The van der Waals surface area contributed by atoms with E-state index in [1.807, 2.05) is 18.2 Å². The van der Waals surface area contributed by atoms with Crippen LogP contribution in [0.3, 0.4) is 0 Å². The zero-order valence-electron chi connectivity index (χ0n) is 27.3. The minimum Gasteiger partial charge on any atom is -0.467 e. The highest BCUT2D eigenvalue weighted by Gasteiger charge is 2.48. The van der Waals surface area contributed by atoms with E-state index < -0.39 is 0 Å². The molecule has 5 heteroatoms. The van der Waals surface area contributed by atoms with Crippen LogP contribution in [0.15, 0.2) is 88.8 Å². The lowest BCUT2D eigenvalue weighted by atomic mass is 9.81. The molecule has 3 aromatic rings. The van der Waals surface area contributed by atoms with Crippen LogP contribution in [0.25, 0.3) is 0 Å². The summed E-state index contributed by atoms with van der Waals surface area (Å²) in [5, 5.41) is 0. The molecular formula is C39H51N3O2. The summed E-state index contributed by atoms with van der Waals surface area (Å²) < 4.78 is 13.9. The number of aliphatic imine (C=N–C) groups is 2. The second kappa shape index (κ2) is 15.0. The Morgan fingerprint density at radius 2 is 0.864 bits per heavy atom. The van der Waals surface area contributed by atoms with Gasteiger partial charge in [-0.2, -0.15) is 0 Å². The van der Waals surface area contributed by atoms with Crippen LogP contribution in [-0.2, 0) is 9.47 Å². The molecule has 0 saturated heterocycles. The number of hydrogen-bond donors (Lipinski definition) is 0. The van der Waals surface area contributed by atoms with Gasteiger partial charge in [0.2, 0.25) is 11.8 Å². The van der Waals surface area contributed by atoms with Gasteiger partial charge in [-0.15, -0.1) is 0 Å². The number of pyridine rings is 1. The van der Waals surface area contributed by atoms with Gasteiger partial charge in [0.05, 0.1) is 0 Å². The van der Waals surface area contributed by atoms with Crippen molar-refractivity contribution in [3.05, 3.63) is 101 Å². The predicted molar refractivity (Wildman–Crippen MR) is 181 cm³/mol. The topological polar surface area (TPSA) is 56.1 Å². The lowest BCUT2D eigenvalue weighted by molar-refractivity contribution is 0.0324. The molecule has 0 aliphatic carbocycles. The lowest BCUT2D eigenvalue weighted by Gasteiger charge is -2.34. The van der Waals surface area contributed by atoms with Gasteiger partial charge in [0.25, 0.3) is 0 Å². The molecule has 1 aromatic heterocycles. The summed E-state index contributed by atoms with van der Waals surface area (Å²) in [5.41, 5.74) is 3.18. The highest BCUT2D eigenvalue weighted by atomic mass is 16.5. The Morgan fingerprint density at radius 3 is 1.20 bits per heavy atom. The number of benzene rings is 2. The van der Waals surface area contributed by atoms with Crippen LogP contribution >= 0.6 is 0 Å². The van der Waals surface area contributed by atoms with Crippen molar-refractivity contribution in [3.8, 4) is 0 Å². The molecule has 2 aliphatic rings. The molecule has 0 N–H and O–H groups in total. The summed E-state index contributed by atoms with van der Waals surface area (Å²) in [6, 6.07) is 27.3. The number of rotatable bonds is 16. The van der Waals surface area contributed by atoms with Crippen molar-refractivity contribution in [2.24, 2.45) is 9.98 Å². The predicted octanol–water partition coefficient (Wildman–Crippen LogP) is 10.4. The first kappa shape index (κ1) is 31.9. The van der Waals surface area contributed by atoms with Crippen LogP contribution in [0.4, 0.5) is 0 Å². The molecule has 5 rings (SSSR count). The third-order valence-corrected chi connectivity index (χ3v) is 9.32. The molecule has 2 atom stereocenters. The average molecular weight is 594 g/mol. The zero-order chi connectivity index (χ0) is 30.8. The fourth-order valence-electron chi connectivity index (χ4n) is 6.86. The molecule has 0 fully saturated rings. The highest BCUT2D eigenvalue weighted by Crippen LogP contribution is 2.47. The van der Waals surface area contributed by atoms with Crippen molar-refractivity contribution in [1.82, 2.24) is 4.98 Å². The Morgan fingerprint density at radius 1 is 0.500 bits per heavy atom. The van der Waals surface area contributed by atoms with Gasteiger partial charge in [0.15, 0.2) is 0 Å². The van der Waals surface area contributed by atoms with Crippen LogP contribution < -0.4 is 0 Å². The van der Waals surface area contributed by atoms with Crippen LogP contribution in [0.2, 0.25) is 0 Å². The van der Waals surface area contributed by atoms with Gasteiger partial charge in [0, 0.05) is 0 Å². The highest BCUT2D eigenvalue weighted by molar-refractivity contribution is 5.98. The summed E-state index contributed by atoms with van der Waals surface area (Å²) in [7, 11) is 0. The third-order valence-electron chi connectivity index (χ3n) is 9.32. The van der Waals surface area contributed by atoms with E-state index >= 15 is 0 Å². The molecule has 0 amide bonds. The third kappa shape index (κ3) is 6.92. The molecule has 44 heavy (non-hydrogen) atoms. The Bertz CT molecular complexity index is 1270. The first-order valence-corrected chi connectivity index (χ1v) is 17.2. The van der Waals surface area contributed by atoms with Crippen LogP contribution in [0.1, 0.15) is 139 Å². The average Bonchev–Trinajstić information content (AvgIpc) is 3.65. The van der Waals surface area contributed by atoms with E-state index in [0.29, 0.717) is 11.8 Å². The van der Waals surface area contributed by atoms with E-state index in [1.54, 1.807) is 0 Å². The fraction of sp³-hybridized carbons (Fsp3) is 0.513. The van der Waals surface area contributed by atoms with E-state index in [9.17, 15) is 0 Å². The van der Waals surface area contributed by atoms with Crippen LogP contribution in [0.5, 0.6) is 0 Å². The number of hydrogen-bond acceptors (Lipinski definition) is 5. The lowest BCUT2D eigenvalue weighted by Crippen LogP contribution is -2.36. The van der Waals surface area contributed by atoms with Crippen molar-refractivity contribution < 1.29 is 9.47 Å². The van der Waals surface area contributed by atoms with Crippen molar-refractivity contribution in [3.63, 3.8) is 0 Å². The molecular weight excluding hydrogens is 542 g/mol. The first-order chi connectivity index (χ1) is 21.6. The van der Waals surface area contributed by atoms with Crippen molar-refractivity contribution in [1.29, 1.82) is 0 Å². The number of nitrogens with zero attached hydrogens (tertiary/aromatic N) is 3. The maximum absolute atomic E-state index is 6.97. The van der Waals surface area contributed by atoms with Crippen molar-refractivity contribution in [2.75, 3.05) is 0 Å². The maximum Gasteiger partial charge on any atom is 0.236 e.